The van der Waals surface area contributed by atoms with Crippen molar-refractivity contribution in [2.45, 2.75) is 50.6 Å². The number of ether oxygens (including phenoxy) is 2. The summed E-state index contributed by atoms with van der Waals surface area (Å²) in [5.74, 6) is -0.272. The van der Waals surface area contributed by atoms with Crippen molar-refractivity contribution in [2.24, 2.45) is 0 Å². The first kappa shape index (κ1) is 36.5. The number of hydrogen-bond donors (Lipinski definition) is 1. The number of nitrogens with zero attached hydrogens (tertiary/aromatic N) is 2. The fourth-order valence-corrected chi connectivity index (χ4v) is 7.10. The normalized spacial score (nSPS) is 11.8. The van der Waals surface area contributed by atoms with Crippen LogP contribution in [0.1, 0.15) is 36.5 Å². The van der Waals surface area contributed by atoms with Crippen LogP contribution >= 0.6 is 15.9 Å². The molecule has 0 aliphatic carbocycles. The lowest BCUT2D eigenvalue weighted by Crippen LogP contribution is -2.53. The quantitative estimate of drug-likeness (QED) is 0.131. The van der Waals surface area contributed by atoms with Crippen LogP contribution in [-0.2, 0) is 32.6 Å². The van der Waals surface area contributed by atoms with Crippen LogP contribution in [0.3, 0.4) is 0 Å². The van der Waals surface area contributed by atoms with Crippen molar-refractivity contribution in [3.05, 3.63) is 118 Å². The first-order valence-corrected chi connectivity index (χ1v) is 18.0. The number of nitrogens with one attached hydrogen (secondary N) is 1. The molecule has 0 spiro atoms. The van der Waals surface area contributed by atoms with Crippen LogP contribution in [-0.4, -0.2) is 58.5 Å². The van der Waals surface area contributed by atoms with Gasteiger partial charge in [-0.15, -0.1) is 0 Å². The van der Waals surface area contributed by atoms with Crippen LogP contribution in [0, 0.1) is 6.92 Å². The highest BCUT2D eigenvalue weighted by atomic mass is 79.9. The third-order valence-electron chi connectivity index (χ3n) is 7.89. The fraction of sp³-hybridized carbons (Fsp3) is 0.297. The van der Waals surface area contributed by atoms with Gasteiger partial charge >= 0.3 is 0 Å². The Morgan fingerprint density at radius 1 is 0.875 bits per heavy atom. The van der Waals surface area contributed by atoms with Gasteiger partial charge in [0.15, 0.2) is 0 Å². The van der Waals surface area contributed by atoms with Crippen LogP contribution in [0.4, 0.5) is 5.69 Å². The number of carbonyl (C=O) groups is 2. The Kier molecular flexibility index (Phi) is 13.0. The number of sulfonamides is 1. The zero-order chi connectivity index (χ0) is 34.7. The lowest BCUT2D eigenvalue weighted by molar-refractivity contribution is -0.140. The molecule has 48 heavy (non-hydrogen) atoms. The van der Waals surface area contributed by atoms with Gasteiger partial charge in [0.05, 0.1) is 24.8 Å². The first-order valence-electron chi connectivity index (χ1n) is 15.7. The lowest BCUT2D eigenvalue weighted by atomic mass is 10.0. The molecule has 0 bridgehead atoms. The summed E-state index contributed by atoms with van der Waals surface area (Å²) in [6, 6.07) is 27.2. The molecule has 0 aliphatic heterocycles. The van der Waals surface area contributed by atoms with Gasteiger partial charge in [-0.2, -0.15) is 0 Å². The van der Waals surface area contributed by atoms with Crippen molar-refractivity contribution in [1.29, 1.82) is 0 Å². The van der Waals surface area contributed by atoms with Gasteiger partial charge in [-0.3, -0.25) is 13.9 Å². The molecule has 0 saturated carbocycles. The van der Waals surface area contributed by atoms with E-state index in [2.05, 4.69) is 21.2 Å². The van der Waals surface area contributed by atoms with Gasteiger partial charge in [0.25, 0.3) is 10.0 Å². The van der Waals surface area contributed by atoms with E-state index in [-0.39, 0.29) is 35.2 Å². The Balaban J connectivity index is 1.85. The summed E-state index contributed by atoms with van der Waals surface area (Å²) >= 11 is 3.51. The SMILES string of the molecule is CCCCNC(=O)C(Cc1ccccc1)N(Cc1cccc(Br)c1)C(=O)CN(c1cc(OC)ccc1OC)S(=O)(=O)c1ccc(C)cc1. The number of unbranched alkanes of at least 4 members (excludes halogenated alkanes) is 1. The van der Waals surface area contributed by atoms with Gasteiger partial charge in [-0.05, 0) is 60.9 Å². The van der Waals surface area contributed by atoms with E-state index >= 15 is 0 Å². The predicted octanol–water partition coefficient (Wildman–Crippen LogP) is 6.53. The van der Waals surface area contributed by atoms with E-state index in [1.165, 1.54) is 37.3 Å². The summed E-state index contributed by atoms with van der Waals surface area (Å²) in [4.78, 5) is 30.1. The number of aryl methyl sites for hydroxylation is 1. The summed E-state index contributed by atoms with van der Waals surface area (Å²) in [7, 11) is -1.41. The van der Waals surface area contributed by atoms with Crippen LogP contribution in [0.25, 0.3) is 0 Å². The first-order chi connectivity index (χ1) is 23.1. The molecule has 1 atom stereocenters. The second-order valence-electron chi connectivity index (χ2n) is 11.4. The van der Waals surface area contributed by atoms with Crippen LogP contribution < -0.4 is 19.1 Å². The molecule has 4 aromatic rings. The maximum absolute atomic E-state index is 14.7. The molecule has 2 amide bonds. The molecule has 0 heterocycles. The van der Waals surface area contributed by atoms with Gasteiger partial charge in [-0.25, -0.2) is 8.42 Å². The number of amides is 2. The van der Waals surface area contributed by atoms with Crippen molar-refractivity contribution in [1.82, 2.24) is 10.2 Å². The summed E-state index contributed by atoms with van der Waals surface area (Å²) in [5, 5.41) is 3.01. The van der Waals surface area contributed by atoms with E-state index in [0.717, 1.165) is 38.3 Å². The Labute approximate surface area is 292 Å². The van der Waals surface area contributed by atoms with E-state index in [1.54, 1.807) is 24.3 Å². The summed E-state index contributed by atoms with van der Waals surface area (Å²) in [5.41, 5.74) is 2.64. The minimum absolute atomic E-state index is 0.00228. The summed E-state index contributed by atoms with van der Waals surface area (Å²) in [6.45, 7) is 3.80. The standard InChI is InChI=1S/C37H42BrN3O6S/c1-5-6-21-39-37(43)34(23-28-11-8-7-9-12-28)40(25-29-13-10-14-30(38)22-29)36(42)26-41(33-24-31(46-3)17-20-35(33)47-4)48(44,45)32-18-15-27(2)16-19-32/h7-20,22,24,34H,5-6,21,23,25-26H2,1-4H3,(H,39,43). The average Bonchev–Trinajstić information content (AvgIpc) is 3.09. The molecule has 0 fully saturated rings. The molecule has 0 aliphatic rings. The summed E-state index contributed by atoms with van der Waals surface area (Å²) in [6.07, 6.45) is 1.89. The van der Waals surface area contributed by atoms with Gasteiger partial charge < -0.3 is 19.7 Å². The number of carbonyl (C=O) groups excluding carboxylic acids is 2. The van der Waals surface area contributed by atoms with Gasteiger partial charge in [0, 0.05) is 30.0 Å². The minimum atomic E-state index is -4.32. The second-order valence-corrected chi connectivity index (χ2v) is 14.1. The molecule has 0 aromatic heterocycles. The highest BCUT2D eigenvalue weighted by molar-refractivity contribution is 9.10. The number of anilines is 1. The maximum Gasteiger partial charge on any atom is 0.264 e. The molecule has 4 aromatic carbocycles. The topological polar surface area (TPSA) is 105 Å². The third kappa shape index (κ3) is 9.38. The number of methoxy groups -OCH3 is 2. The molecule has 0 saturated heterocycles. The molecule has 1 N–H and O–H groups in total. The lowest BCUT2D eigenvalue weighted by Gasteiger charge is -2.34. The van der Waals surface area contributed by atoms with E-state index in [4.69, 9.17) is 9.47 Å². The zero-order valence-electron chi connectivity index (χ0n) is 27.7. The molecule has 254 valence electrons. The van der Waals surface area contributed by atoms with Crippen LogP contribution in [0.5, 0.6) is 11.5 Å². The maximum atomic E-state index is 14.7. The van der Waals surface area contributed by atoms with E-state index in [0.29, 0.717) is 12.3 Å². The molecular weight excluding hydrogens is 694 g/mol. The Morgan fingerprint density at radius 2 is 1.58 bits per heavy atom. The number of rotatable bonds is 16. The average molecular weight is 737 g/mol. The fourth-order valence-electron chi connectivity index (χ4n) is 5.23. The highest BCUT2D eigenvalue weighted by Gasteiger charge is 2.35. The molecule has 0 radical (unpaired) electrons. The van der Waals surface area contributed by atoms with Gasteiger partial charge in [-0.1, -0.05) is 89.4 Å². The number of benzene rings is 4. The van der Waals surface area contributed by atoms with Crippen molar-refractivity contribution in [3.8, 4) is 11.5 Å². The van der Waals surface area contributed by atoms with Gasteiger partial charge in [0.2, 0.25) is 11.8 Å². The van der Waals surface area contributed by atoms with Crippen molar-refractivity contribution < 1.29 is 27.5 Å². The van der Waals surface area contributed by atoms with Crippen molar-refractivity contribution >= 4 is 43.5 Å². The van der Waals surface area contributed by atoms with Crippen molar-refractivity contribution in [3.63, 3.8) is 0 Å². The smallest absolute Gasteiger partial charge is 0.264 e. The van der Waals surface area contributed by atoms with Crippen molar-refractivity contribution in [2.75, 3.05) is 31.6 Å². The number of hydrogen-bond acceptors (Lipinski definition) is 6. The summed E-state index contributed by atoms with van der Waals surface area (Å²) < 4.78 is 41.7. The Bertz CT molecular complexity index is 1780. The number of halogens is 1. The second kappa shape index (κ2) is 17.2. The van der Waals surface area contributed by atoms with E-state index < -0.39 is 28.5 Å². The molecule has 4 rings (SSSR count). The minimum Gasteiger partial charge on any atom is -0.497 e. The monoisotopic (exact) mass is 735 g/mol. The molecular formula is C37H42BrN3O6S. The van der Waals surface area contributed by atoms with Crippen LogP contribution in [0.2, 0.25) is 0 Å². The highest BCUT2D eigenvalue weighted by Crippen LogP contribution is 2.36. The Hall–Kier alpha value is -4.35. The van der Waals surface area contributed by atoms with Crippen LogP contribution in [0.15, 0.2) is 106 Å². The molecule has 11 heteroatoms. The molecule has 1 unspecified atom stereocenters. The van der Waals surface area contributed by atoms with Gasteiger partial charge in [0.1, 0.15) is 24.1 Å². The van der Waals surface area contributed by atoms with E-state index in [1.807, 2.05) is 68.4 Å². The van der Waals surface area contributed by atoms with E-state index in [9.17, 15) is 18.0 Å². The largest absolute Gasteiger partial charge is 0.497 e. The predicted molar refractivity (Wildman–Crippen MR) is 192 cm³/mol. The zero-order valence-corrected chi connectivity index (χ0v) is 30.1. The molecule has 9 nitrogen and oxygen atoms in total. The third-order valence-corrected chi connectivity index (χ3v) is 10.2. The Morgan fingerprint density at radius 3 is 2.23 bits per heavy atom.